The van der Waals surface area contributed by atoms with E-state index in [0.717, 1.165) is 4.90 Å². The zero-order valence-corrected chi connectivity index (χ0v) is 11.4. The average molecular weight is 303 g/mol. The maximum Gasteiger partial charge on any atom is 0.331 e. The first kappa shape index (κ1) is 16.7. The normalized spacial score (nSPS) is 19.5. The molecule has 118 valence electrons. The lowest BCUT2D eigenvalue weighted by Crippen LogP contribution is -2.58. The number of carboxylic acids is 1. The number of morpholine rings is 1. The molecule has 0 aromatic rings. The van der Waals surface area contributed by atoms with Gasteiger partial charge in [0.15, 0.2) is 6.04 Å². The number of primary amides is 1. The van der Waals surface area contributed by atoms with Crippen molar-refractivity contribution in [2.24, 2.45) is 5.73 Å². The van der Waals surface area contributed by atoms with Crippen molar-refractivity contribution in [3.8, 4) is 0 Å². The fourth-order valence-corrected chi connectivity index (χ4v) is 1.81. The van der Waals surface area contributed by atoms with E-state index in [2.05, 4.69) is 10.1 Å². The van der Waals surface area contributed by atoms with E-state index in [1.165, 1.54) is 7.11 Å². The van der Waals surface area contributed by atoms with Crippen LogP contribution in [-0.4, -0.2) is 72.8 Å². The molecule has 0 radical (unpaired) electrons. The number of hydrogen-bond donors (Lipinski definition) is 3. The number of rotatable bonds is 5. The fraction of sp³-hybridized carbons (Fsp3) is 0.636. The van der Waals surface area contributed by atoms with Crippen molar-refractivity contribution in [3.05, 3.63) is 0 Å². The highest BCUT2D eigenvalue weighted by atomic mass is 16.5. The molecule has 4 N–H and O–H groups in total. The van der Waals surface area contributed by atoms with Crippen LogP contribution in [0.1, 0.15) is 6.42 Å². The van der Waals surface area contributed by atoms with Gasteiger partial charge in [0.1, 0.15) is 6.04 Å². The molecule has 0 bridgehead atoms. The van der Waals surface area contributed by atoms with Crippen molar-refractivity contribution in [2.75, 3.05) is 26.9 Å². The highest BCUT2D eigenvalue weighted by Gasteiger charge is 2.35. The molecule has 2 atom stereocenters. The zero-order chi connectivity index (χ0) is 16.0. The number of ether oxygens (including phenoxy) is 2. The predicted octanol–water partition coefficient (Wildman–Crippen LogP) is -2.10. The summed E-state index contributed by atoms with van der Waals surface area (Å²) < 4.78 is 9.65. The molecule has 0 aliphatic carbocycles. The lowest BCUT2D eigenvalue weighted by molar-refractivity contribution is -0.151. The smallest absolute Gasteiger partial charge is 0.331 e. The van der Waals surface area contributed by atoms with Gasteiger partial charge in [0, 0.05) is 6.54 Å². The van der Waals surface area contributed by atoms with Crippen molar-refractivity contribution in [1.29, 1.82) is 0 Å². The van der Waals surface area contributed by atoms with Crippen molar-refractivity contribution in [1.82, 2.24) is 10.2 Å². The van der Waals surface area contributed by atoms with E-state index in [4.69, 9.17) is 15.6 Å². The van der Waals surface area contributed by atoms with Crippen molar-refractivity contribution in [3.63, 3.8) is 0 Å². The monoisotopic (exact) mass is 303 g/mol. The van der Waals surface area contributed by atoms with Gasteiger partial charge in [0.05, 0.1) is 26.7 Å². The molecule has 0 spiro atoms. The van der Waals surface area contributed by atoms with E-state index >= 15 is 0 Å². The van der Waals surface area contributed by atoms with Gasteiger partial charge < -0.3 is 30.5 Å². The Morgan fingerprint density at radius 1 is 1.48 bits per heavy atom. The summed E-state index contributed by atoms with van der Waals surface area (Å²) in [6.07, 6.45) is -0.547. The predicted molar refractivity (Wildman–Crippen MR) is 67.1 cm³/mol. The Hall–Kier alpha value is -2.36. The molecular weight excluding hydrogens is 286 g/mol. The van der Waals surface area contributed by atoms with E-state index < -0.39 is 42.4 Å². The third kappa shape index (κ3) is 4.60. The molecular formula is C11H17N3O7. The lowest BCUT2D eigenvalue weighted by atomic mass is 10.2. The van der Waals surface area contributed by atoms with Crippen LogP contribution in [0.15, 0.2) is 0 Å². The first-order chi connectivity index (χ1) is 9.86. The van der Waals surface area contributed by atoms with Crippen LogP contribution in [0.3, 0.4) is 0 Å². The molecule has 1 rings (SSSR count). The Bertz CT molecular complexity index is 440. The van der Waals surface area contributed by atoms with E-state index in [1.807, 2.05) is 0 Å². The largest absolute Gasteiger partial charge is 0.480 e. The molecule has 3 amide bonds. The Labute approximate surface area is 120 Å². The fourth-order valence-electron chi connectivity index (χ4n) is 1.81. The third-order valence-electron chi connectivity index (χ3n) is 2.86. The number of aliphatic carboxylic acids is 1. The Kier molecular flexibility index (Phi) is 5.91. The first-order valence-corrected chi connectivity index (χ1v) is 6.10. The number of nitrogens with two attached hydrogens (primary N) is 1. The minimum absolute atomic E-state index is 0.0480. The van der Waals surface area contributed by atoms with Crippen molar-refractivity contribution in [2.45, 2.75) is 18.5 Å². The summed E-state index contributed by atoms with van der Waals surface area (Å²) in [5.74, 6) is -2.94. The minimum Gasteiger partial charge on any atom is -0.480 e. The topological polar surface area (TPSA) is 148 Å². The number of amides is 3. The maximum absolute atomic E-state index is 12.1. The van der Waals surface area contributed by atoms with Gasteiger partial charge in [-0.1, -0.05) is 0 Å². The van der Waals surface area contributed by atoms with Crippen LogP contribution in [-0.2, 0) is 23.9 Å². The molecule has 1 saturated heterocycles. The van der Waals surface area contributed by atoms with Gasteiger partial charge in [-0.15, -0.1) is 0 Å². The van der Waals surface area contributed by atoms with Gasteiger partial charge in [-0.05, 0) is 0 Å². The standard InChI is InChI=1S/C11H17N3O7/c1-20-10(18)7-5-21-3-2-14(7)11(19)13-6(9(16)17)4-8(12)15/h6-7H,2-5H2,1H3,(H2,12,15)(H,13,19)(H,16,17)/t6-,7?/m1/s1. The van der Waals surface area contributed by atoms with Gasteiger partial charge in [0.25, 0.3) is 0 Å². The second kappa shape index (κ2) is 7.43. The van der Waals surface area contributed by atoms with E-state index in [1.54, 1.807) is 0 Å². The molecule has 21 heavy (non-hydrogen) atoms. The Balaban J connectivity index is 2.76. The molecule has 1 aliphatic rings. The Morgan fingerprint density at radius 3 is 2.67 bits per heavy atom. The summed E-state index contributed by atoms with van der Waals surface area (Å²) in [6.45, 7) is 0.247. The summed E-state index contributed by atoms with van der Waals surface area (Å²) in [5.41, 5.74) is 4.92. The molecule has 10 nitrogen and oxygen atoms in total. The highest BCUT2D eigenvalue weighted by molar-refractivity contribution is 5.89. The van der Waals surface area contributed by atoms with E-state index in [9.17, 15) is 19.2 Å². The lowest BCUT2D eigenvalue weighted by Gasteiger charge is -2.34. The molecule has 0 saturated carbocycles. The van der Waals surface area contributed by atoms with Crippen LogP contribution in [0.4, 0.5) is 4.79 Å². The third-order valence-corrected chi connectivity index (χ3v) is 2.86. The average Bonchev–Trinajstić information content (AvgIpc) is 2.45. The number of nitrogens with zero attached hydrogens (tertiary/aromatic N) is 1. The molecule has 0 aromatic heterocycles. The summed E-state index contributed by atoms with van der Waals surface area (Å²) in [7, 11) is 1.17. The summed E-state index contributed by atoms with van der Waals surface area (Å²) in [5, 5.41) is 11.1. The van der Waals surface area contributed by atoms with Crippen LogP contribution < -0.4 is 11.1 Å². The van der Waals surface area contributed by atoms with Gasteiger partial charge in [-0.2, -0.15) is 0 Å². The van der Waals surface area contributed by atoms with Crippen LogP contribution >= 0.6 is 0 Å². The van der Waals surface area contributed by atoms with Crippen molar-refractivity contribution >= 4 is 23.9 Å². The number of nitrogens with one attached hydrogen (secondary N) is 1. The van der Waals surface area contributed by atoms with Crippen LogP contribution in [0.25, 0.3) is 0 Å². The SMILES string of the molecule is COC(=O)C1COCCN1C(=O)N[C@H](CC(N)=O)C(=O)O. The van der Waals surface area contributed by atoms with E-state index in [-0.39, 0.29) is 19.8 Å². The number of esters is 1. The van der Waals surface area contributed by atoms with Crippen molar-refractivity contribution < 1.29 is 33.8 Å². The first-order valence-electron chi connectivity index (χ1n) is 6.10. The quantitative estimate of drug-likeness (QED) is 0.492. The van der Waals surface area contributed by atoms with Gasteiger partial charge in [0.2, 0.25) is 5.91 Å². The molecule has 0 aromatic carbocycles. The summed E-state index contributed by atoms with van der Waals surface area (Å²) >= 11 is 0. The van der Waals surface area contributed by atoms with Gasteiger partial charge in [-0.25, -0.2) is 14.4 Å². The number of carbonyl (C=O) groups excluding carboxylic acids is 3. The molecule has 1 fully saturated rings. The molecule has 10 heteroatoms. The van der Waals surface area contributed by atoms with Crippen LogP contribution in [0.5, 0.6) is 0 Å². The zero-order valence-electron chi connectivity index (χ0n) is 11.4. The minimum atomic E-state index is -1.46. The highest BCUT2D eigenvalue weighted by Crippen LogP contribution is 2.09. The number of methoxy groups -OCH3 is 1. The number of hydrogen-bond acceptors (Lipinski definition) is 6. The second-order valence-electron chi connectivity index (χ2n) is 4.32. The van der Waals surface area contributed by atoms with Crippen LogP contribution in [0.2, 0.25) is 0 Å². The van der Waals surface area contributed by atoms with Crippen LogP contribution in [0, 0.1) is 0 Å². The summed E-state index contributed by atoms with van der Waals surface area (Å²) in [4.78, 5) is 46.5. The molecule has 1 unspecified atom stereocenters. The number of urea groups is 1. The van der Waals surface area contributed by atoms with Gasteiger partial charge in [-0.3, -0.25) is 4.79 Å². The van der Waals surface area contributed by atoms with E-state index in [0.29, 0.717) is 0 Å². The van der Waals surface area contributed by atoms with Gasteiger partial charge >= 0.3 is 18.0 Å². The molecule has 1 heterocycles. The molecule has 1 aliphatic heterocycles. The number of carbonyl (C=O) groups is 4. The number of carboxylic acid groups (broad SMARTS) is 1. The Morgan fingerprint density at radius 2 is 2.14 bits per heavy atom. The summed E-state index contributed by atoms with van der Waals surface area (Å²) in [6, 6.07) is -3.23. The second-order valence-corrected chi connectivity index (χ2v) is 4.32. The maximum atomic E-state index is 12.1.